The number of ether oxygens (including phenoxy) is 1. The van der Waals surface area contributed by atoms with Gasteiger partial charge in [-0.15, -0.1) is 0 Å². The van der Waals surface area contributed by atoms with E-state index in [-0.39, 0.29) is 40.1 Å². The predicted molar refractivity (Wildman–Crippen MR) is 157 cm³/mol. The number of hydrogen-bond donors (Lipinski definition) is 2. The van der Waals surface area contributed by atoms with Crippen LogP contribution in [0.25, 0.3) is 0 Å². The average Bonchev–Trinajstić information content (AvgIpc) is 3.22. The van der Waals surface area contributed by atoms with Crippen molar-refractivity contribution in [1.82, 2.24) is 9.55 Å². The number of anilines is 1. The molecule has 2 saturated heterocycles. The minimum absolute atomic E-state index is 0.194. The molecule has 0 radical (unpaired) electrons. The topological polar surface area (TPSA) is 110 Å². The molecular weight excluding hydrogens is 516 g/mol. The Bertz CT molecular complexity index is 926. The molecule has 2 aliphatic heterocycles. The van der Waals surface area contributed by atoms with Crippen LogP contribution in [-0.2, 0) is 17.7 Å². The molecular formula is C27H52N4O5Si2. The molecule has 0 spiro atoms. The van der Waals surface area contributed by atoms with E-state index in [2.05, 4.69) is 65.7 Å². The number of hydrogen-bond acceptors (Lipinski definition) is 8. The van der Waals surface area contributed by atoms with E-state index in [0.717, 1.165) is 38.8 Å². The Morgan fingerprint density at radius 3 is 2.18 bits per heavy atom. The summed E-state index contributed by atoms with van der Waals surface area (Å²) in [5, 5.41) is 3.26. The van der Waals surface area contributed by atoms with E-state index >= 15 is 0 Å². The molecule has 11 heteroatoms. The summed E-state index contributed by atoms with van der Waals surface area (Å²) in [6, 6.07) is 1.85. The first-order valence-electron chi connectivity index (χ1n) is 14.7. The standard InChI is InChI=1S/C27H52N4O5Si2/c1-19(2)37(20(3)4)33-18-24-23(35-38(36-37,21(5)6)22(7)8)17-26(34-24)31-16-13-25(30-27(31)32)29-15-12-10-9-11-14-28/h13,16,19-24,26H,9-12,14-15,17-18,28H2,1-8H3,(H,29,30,32)/t23-,24+,26+/m0/s1. The van der Waals surface area contributed by atoms with Gasteiger partial charge in [-0.3, -0.25) is 4.57 Å². The third kappa shape index (κ3) is 6.79. The Labute approximate surface area is 231 Å². The molecule has 1 aromatic rings. The normalized spacial score (nSPS) is 25.1. The highest BCUT2D eigenvalue weighted by molar-refractivity contribution is 6.83. The van der Waals surface area contributed by atoms with Crippen molar-refractivity contribution in [3.05, 3.63) is 22.7 Å². The molecule has 218 valence electrons. The molecule has 2 fully saturated rings. The Kier molecular flexibility index (Phi) is 11.2. The Morgan fingerprint density at radius 2 is 1.61 bits per heavy atom. The summed E-state index contributed by atoms with van der Waals surface area (Å²) in [5.41, 5.74) is 6.28. The van der Waals surface area contributed by atoms with Gasteiger partial charge in [-0.05, 0) is 47.6 Å². The lowest BCUT2D eigenvalue weighted by molar-refractivity contribution is -0.0565. The molecule has 2 aliphatic rings. The number of nitrogens with one attached hydrogen (secondary N) is 1. The molecule has 0 aromatic carbocycles. The second kappa shape index (κ2) is 13.5. The molecule has 9 nitrogen and oxygen atoms in total. The summed E-state index contributed by atoms with van der Waals surface area (Å²) in [7, 11) is -5.33. The van der Waals surface area contributed by atoms with Crippen LogP contribution in [0.2, 0.25) is 22.2 Å². The van der Waals surface area contributed by atoms with Crippen molar-refractivity contribution in [2.75, 3.05) is 25.0 Å². The molecule has 3 N–H and O–H groups in total. The molecule has 0 amide bonds. The van der Waals surface area contributed by atoms with Gasteiger partial charge in [0.05, 0.1) is 12.7 Å². The summed E-state index contributed by atoms with van der Waals surface area (Å²) in [6.45, 7) is 19.6. The largest absolute Gasteiger partial charge is 0.414 e. The summed E-state index contributed by atoms with van der Waals surface area (Å²) in [4.78, 5) is 17.3. The second-order valence-corrected chi connectivity index (χ2v) is 21.0. The molecule has 0 unspecified atom stereocenters. The molecule has 0 bridgehead atoms. The molecule has 0 aliphatic carbocycles. The van der Waals surface area contributed by atoms with E-state index in [1.807, 2.05) is 6.07 Å². The van der Waals surface area contributed by atoms with Crippen molar-refractivity contribution in [1.29, 1.82) is 0 Å². The zero-order valence-corrected chi connectivity index (χ0v) is 26.9. The number of nitrogens with two attached hydrogens (primary N) is 1. The van der Waals surface area contributed by atoms with Gasteiger partial charge in [0, 0.05) is 19.2 Å². The Hall–Kier alpha value is -1.09. The van der Waals surface area contributed by atoms with Crippen LogP contribution in [-0.4, -0.2) is 58.6 Å². The molecule has 3 atom stereocenters. The van der Waals surface area contributed by atoms with E-state index in [0.29, 0.717) is 18.8 Å². The second-order valence-electron chi connectivity index (χ2n) is 12.1. The summed E-state index contributed by atoms with van der Waals surface area (Å²) in [6.07, 6.45) is 5.77. The summed E-state index contributed by atoms with van der Waals surface area (Å²) >= 11 is 0. The maximum Gasteiger partial charge on any atom is 0.351 e. The van der Waals surface area contributed by atoms with E-state index in [1.165, 1.54) is 0 Å². The highest BCUT2D eigenvalue weighted by atomic mass is 28.5. The fourth-order valence-electron chi connectivity index (χ4n) is 5.88. The monoisotopic (exact) mass is 568 g/mol. The third-order valence-electron chi connectivity index (χ3n) is 8.10. The first kappa shape index (κ1) is 31.4. The van der Waals surface area contributed by atoms with Crippen LogP contribution in [0.5, 0.6) is 0 Å². The van der Waals surface area contributed by atoms with Gasteiger partial charge in [0.1, 0.15) is 18.1 Å². The number of unbranched alkanes of at least 4 members (excludes halogenated alkanes) is 3. The first-order valence-corrected chi connectivity index (χ1v) is 18.6. The fourth-order valence-corrected chi connectivity index (χ4v) is 17.1. The van der Waals surface area contributed by atoms with Gasteiger partial charge in [0.2, 0.25) is 0 Å². The maximum absolute atomic E-state index is 13.0. The van der Waals surface area contributed by atoms with E-state index in [1.54, 1.807) is 10.8 Å². The lowest BCUT2D eigenvalue weighted by atomic mass is 10.2. The summed E-state index contributed by atoms with van der Waals surface area (Å²) in [5.74, 6) is 0.595. The molecule has 0 saturated carbocycles. The predicted octanol–water partition coefficient (Wildman–Crippen LogP) is 5.42. The lowest BCUT2D eigenvalue weighted by Crippen LogP contribution is -2.65. The van der Waals surface area contributed by atoms with Crippen LogP contribution in [0, 0.1) is 0 Å². The van der Waals surface area contributed by atoms with E-state index in [4.69, 9.17) is 23.4 Å². The number of fused-ring (bicyclic) bond motifs is 1. The number of aromatic nitrogens is 2. The fraction of sp³-hybridized carbons (Fsp3) is 0.852. The van der Waals surface area contributed by atoms with Gasteiger partial charge in [0.25, 0.3) is 0 Å². The van der Waals surface area contributed by atoms with Crippen molar-refractivity contribution >= 4 is 22.9 Å². The van der Waals surface area contributed by atoms with Crippen molar-refractivity contribution in [3.8, 4) is 0 Å². The van der Waals surface area contributed by atoms with Crippen LogP contribution in [0.4, 0.5) is 5.82 Å². The third-order valence-corrected chi connectivity index (χ3v) is 18.4. The van der Waals surface area contributed by atoms with Crippen LogP contribution < -0.4 is 16.7 Å². The molecule has 1 aromatic heterocycles. The van der Waals surface area contributed by atoms with E-state index < -0.39 is 23.3 Å². The number of rotatable bonds is 12. The van der Waals surface area contributed by atoms with Gasteiger partial charge < -0.3 is 28.8 Å². The zero-order chi connectivity index (χ0) is 28.1. The van der Waals surface area contributed by atoms with Gasteiger partial charge in [-0.25, -0.2) is 4.79 Å². The van der Waals surface area contributed by atoms with Crippen molar-refractivity contribution in [2.24, 2.45) is 5.73 Å². The van der Waals surface area contributed by atoms with Gasteiger partial charge in [-0.2, -0.15) is 4.98 Å². The van der Waals surface area contributed by atoms with Crippen LogP contribution in [0.15, 0.2) is 17.1 Å². The zero-order valence-electron chi connectivity index (χ0n) is 24.9. The average molecular weight is 569 g/mol. The van der Waals surface area contributed by atoms with Gasteiger partial charge >= 0.3 is 22.8 Å². The SMILES string of the molecule is CC(C)[Si]1(C(C)C)OC[C@H]2O[C@@H](n3ccc(NCCCCCCN)nc3=O)C[C@@H]2O[Si](C(C)C)(C(C)C)O1. The van der Waals surface area contributed by atoms with Crippen LogP contribution >= 0.6 is 0 Å². The quantitative estimate of drug-likeness (QED) is 0.254. The van der Waals surface area contributed by atoms with E-state index in [9.17, 15) is 4.79 Å². The van der Waals surface area contributed by atoms with Gasteiger partial charge in [0.15, 0.2) is 0 Å². The highest BCUT2D eigenvalue weighted by Crippen LogP contribution is 2.48. The molecule has 38 heavy (non-hydrogen) atoms. The van der Waals surface area contributed by atoms with Gasteiger partial charge in [-0.1, -0.05) is 68.2 Å². The smallest absolute Gasteiger partial charge is 0.351 e. The van der Waals surface area contributed by atoms with Crippen molar-refractivity contribution in [2.45, 2.75) is 128 Å². The minimum atomic E-state index is -2.71. The number of nitrogens with zero attached hydrogens (tertiary/aromatic N) is 2. The molecule has 3 heterocycles. The Morgan fingerprint density at radius 1 is 0.974 bits per heavy atom. The van der Waals surface area contributed by atoms with Crippen molar-refractivity contribution < 1.29 is 17.7 Å². The first-order chi connectivity index (χ1) is 18.0. The minimum Gasteiger partial charge on any atom is -0.414 e. The highest BCUT2D eigenvalue weighted by Gasteiger charge is 2.60. The summed E-state index contributed by atoms with van der Waals surface area (Å²) < 4.78 is 29.2. The maximum atomic E-state index is 13.0. The lowest BCUT2D eigenvalue weighted by Gasteiger charge is -2.51. The van der Waals surface area contributed by atoms with Crippen LogP contribution in [0.1, 0.15) is 93.7 Å². The van der Waals surface area contributed by atoms with Crippen molar-refractivity contribution in [3.63, 3.8) is 0 Å². The van der Waals surface area contributed by atoms with Crippen LogP contribution in [0.3, 0.4) is 0 Å². The molecule has 3 rings (SSSR count). The Balaban J connectivity index is 1.79.